The van der Waals surface area contributed by atoms with Gasteiger partial charge in [-0.2, -0.15) is 0 Å². The molecule has 0 bridgehead atoms. The van der Waals surface area contributed by atoms with Crippen molar-refractivity contribution in [3.05, 3.63) is 71.0 Å². The molecule has 2 aromatic carbocycles. The predicted molar refractivity (Wildman–Crippen MR) is 106 cm³/mol. The summed E-state index contributed by atoms with van der Waals surface area (Å²) in [5.74, 6) is 2.10. The summed E-state index contributed by atoms with van der Waals surface area (Å²) in [7, 11) is 3.50. The Bertz CT molecular complexity index is 905. The molecule has 27 heavy (non-hydrogen) atoms. The molecule has 0 aliphatic rings. The summed E-state index contributed by atoms with van der Waals surface area (Å²) in [6.07, 6.45) is 0. The van der Waals surface area contributed by atoms with Crippen LogP contribution in [0.3, 0.4) is 0 Å². The van der Waals surface area contributed by atoms with Crippen molar-refractivity contribution in [3.63, 3.8) is 0 Å². The number of thioether (sulfide) groups is 1. The summed E-state index contributed by atoms with van der Waals surface area (Å²) in [5, 5.41) is 12.1. The minimum absolute atomic E-state index is 0.158. The lowest BCUT2D eigenvalue weighted by Gasteiger charge is -2.07. The molecule has 1 aromatic heterocycles. The van der Waals surface area contributed by atoms with Crippen LogP contribution < -0.4 is 10.1 Å². The number of rotatable bonds is 7. The number of nitrogens with zero attached hydrogens (tertiary/aromatic N) is 3. The Labute approximate surface area is 163 Å². The SMILES string of the molecule is COc1ccc(C(=O)NCc2nnc(SCc3ccc(C)cc3)n2C)cc1. The van der Waals surface area contributed by atoms with Gasteiger partial charge in [0.2, 0.25) is 0 Å². The van der Waals surface area contributed by atoms with Crippen LogP contribution in [0.15, 0.2) is 53.7 Å². The predicted octanol–water partition coefficient (Wildman–Crippen LogP) is 3.35. The number of hydrogen-bond acceptors (Lipinski definition) is 5. The first-order valence-corrected chi connectivity index (χ1v) is 9.54. The largest absolute Gasteiger partial charge is 0.497 e. The molecule has 0 fully saturated rings. The zero-order chi connectivity index (χ0) is 19.2. The maximum Gasteiger partial charge on any atom is 0.251 e. The topological polar surface area (TPSA) is 69.0 Å². The van der Waals surface area contributed by atoms with E-state index in [1.165, 1.54) is 11.1 Å². The molecule has 140 valence electrons. The number of aryl methyl sites for hydroxylation is 1. The zero-order valence-electron chi connectivity index (χ0n) is 15.6. The quantitative estimate of drug-likeness (QED) is 0.635. The smallest absolute Gasteiger partial charge is 0.251 e. The van der Waals surface area contributed by atoms with E-state index in [4.69, 9.17) is 4.74 Å². The van der Waals surface area contributed by atoms with Gasteiger partial charge < -0.3 is 14.6 Å². The molecule has 3 rings (SSSR count). The molecule has 1 N–H and O–H groups in total. The average Bonchev–Trinajstić information content (AvgIpc) is 3.05. The standard InChI is InChI=1S/C20H22N4O2S/c1-14-4-6-15(7-5-14)13-27-20-23-22-18(24(20)2)12-21-19(25)16-8-10-17(26-3)11-9-16/h4-11H,12-13H2,1-3H3,(H,21,25). The van der Waals surface area contributed by atoms with Crippen molar-refractivity contribution >= 4 is 17.7 Å². The van der Waals surface area contributed by atoms with Crippen molar-refractivity contribution in [2.75, 3.05) is 7.11 Å². The molecule has 0 spiro atoms. The highest BCUT2D eigenvalue weighted by molar-refractivity contribution is 7.98. The van der Waals surface area contributed by atoms with Gasteiger partial charge in [0.25, 0.3) is 5.91 Å². The molecule has 0 atom stereocenters. The second kappa shape index (κ2) is 8.73. The van der Waals surface area contributed by atoms with Gasteiger partial charge in [-0.1, -0.05) is 41.6 Å². The number of hydrogen-bond donors (Lipinski definition) is 1. The summed E-state index contributed by atoms with van der Waals surface area (Å²) in [6, 6.07) is 15.4. The number of ether oxygens (including phenoxy) is 1. The normalized spacial score (nSPS) is 10.6. The Balaban J connectivity index is 1.56. The molecular weight excluding hydrogens is 360 g/mol. The Morgan fingerprint density at radius 3 is 2.48 bits per heavy atom. The van der Waals surface area contributed by atoms with E-state index in [9.17, 15) is 4.79 Å². The van der Waals surface area contributed by atoms with Gasteiger partial charge in [-0.15, -0.1) is 10.2 Å². The second-order valence-electron chi connectivity index (χ2n) is 6.14. The van der Waals surface area contributed by atoms with Gasteiger partial charge in [0.15, 0.2) is 11.0 Å². The molecule has 0 aliphatic heterocycles. The van der Waals surface area contributed by atoms with Gasteiger partial charge in [0, 0.05) is 18.4 Å². The van der Waals surface area contributed by atoms with E-state index >= 15 is 0 Å². The van der Waals surface area contributed by atoms with Gasteiger partial charge in [0.05, 0.1) is 13.7 Å². The van der Waals surface area contributed by atoms with Crippen molar-refractivity contribution in [3.8, 4) is 5.75 Å². The van der Waals surface area contributed by atoms with E-state index in [-0.39, 0.29) is 5.91 Å². The van der Waals surface area contributed by atoms with Gasteiger partial charge in [0.1, 0.15) is 5.75 Å². The molecule has 1 amide bonds. The molecule has 0 saturated heterocycles. The van der Waals surface area contributed by atoms with E-state index in [1.54, 1.807) is 43.1 Å². The minimum Gasteiger partial charge on any atom is -0.497 e. The summed E-state index contributed by atoms with van der Waals surface area (Å²) in [4.78, 5) is 12.3. The fourth-order valence-electron chi connectivity index (χ4n) is 2.46. The van der Waals surface area contributed by atoms with Crippen molar-refractivity contribution in [1.29, 1.82) is 0 Å². The van der Waals surface area contributed by atoms with Gasteiger partial charge in [-0.05, 0) is 36.8 Å². The summed E-state index contributed by atoms with van der Waals surface area (Å²) in [5.41, 5.74) is 3.06. The number of nitrogens with one attached hydrogen (secondary N) is 1. The summed E-state index contributed by atoms with van der Waals surface area (Å²) < 4.78 is 7.01. The second-order valence-corrected chi connectivity index (χ2v) is 7.09. The van der Waals surface area contributed by atoms with E-state index in [1.807, 2.05) is 11.6 Å². The highest BCUT2D eigenvalue weighted by atomic mass is 32.2. The van der Waals surface area contributed by atoms with Crippen LogP contribution in [-0.4, -0.2) is 27.8 Å². The van der Waals surface area contributed by atoms with Crippen molar-refractivity contribution in [2.45, 2.75) is 24.4 Å². The van der Waals surface area contributed by atoms with E-state index in [2.05, 4.69) is 46.7 Å². The van der Waals surface area contributed by atoms with Crippen molar-refractivity contribution < 1.29 is 9.53 Å². The van der Waals surface area contributed by atoms with E-state index in [0.717, 1.165) is 16.7 Å². The van der Waals surface area contributed by atoms with Gasteiger partial charge in [-0.25, -0.2) is 0 Å². The van der Waals surface area contributed by atoms with Gasteiger partial charge >= 0.3 is 0 Å². The number of methoxy groups -OCH3 is 1. The Kier molecular flexibility index (Phi) is 6.13. The van der Waals surface area contributed by atoms with Crippen LogP contribution in [-0.2, 0) is 19.3 Å². The molecule has 6 nitrogen and oxygen atoms in total. The Morgan fingerprint density at radius 2 is 1.81 bits per heavy atom. The van der Waals surface area contributed by atoms with Crippen LogP contribution in [0.2, 0.25) is 0 Å². The summed E-state index contributed by atoms with van der Waals surface area (Å²) in [6.45, 7) is 2.39. The minimum atomic E-state index is -0.158. The van der Waals surface area contributed by atoms with Crippen LogP contribution in [0.1, 0.15) is 27.3 Å². The lowest BCUT2D eigenvalue weighted by atomic mass is 10.2. The van der Waals surface area contributed by atoms with Crippen LogP contribution in [0.4, 0.5) is 0 Å². The molecule has 0 unspecified atom stereocenters. The lowest BCUT2D eigenvalue weighted by molar-refractivity contribution is 0.0949. The fourth-order valence-corrected chi connectivity index (χ4v) is 3.35. The fraction of sp³-hybridized carbons (Fsp3) is 0.250. The van der Waals surface area contributed by atoms with Crippen molar-refractivity contribution in [2.24, 2.45) is 7.05 Å². The van der Waals surface area contributed by atoms with Crippen molar-refractivity contribution in [1.82, 2.24) is 20.1 Å². The number of carbonyl (C=O) groups is 1. The van der Waals surface area contributed by atoms with Gasteiger partial charge in [-0.3, -0.25) is 4.79 Å². The maximum atomic E-state index is 12.3. The number of carbonyl (C=O) groups excluding carboxylic acids is 1. The molecule has 0 radical (unpaired) electrons. The van der Waals surface area contributed by atoms with Crippen LogP contribution in [0.25, 0.3) is 0 Å². The molecular formula is C20H22N4O2S. The van der Waals surface area contributed by atoms with E-state index in [0.29, 0.717) is 17.9 Å². The average molecular weight is 382 g/mol. The number of benzene rings is 2. The first-order valence-electron chi connectivity index (χ1n) is 8.55. The third-order valence-corrected chi connectivity index (χ3v) is 5.26. The molecule has 3 aromatic rings. The lowest BCUT2D eigenvalue weighted by Crippen LogP contribution is -2.24. The molecule has 1 heterocycles. The zero-order valence-corrected chi connectivity index (χ0v) is 16.4. The Hall–Kier alpha value is -2.80. The first kappa shape index (κ1) is 19.0. The highest BCUT2D eigenvalue weighted by Gasteiger charge is 2.12. The van der Waals surface area contributed by atoms with Crippen LogP contribution in [0, 0.1) is 6.92 Å². The summed E-state index contributed by atoms with van der Waals surface area (Å²) >= 11 is 1.62. The monoisotopic (exact) mass is 382 g/mol. The number of amides is 1. The number of aromatic nitrogens is 3. The maximum absolute atomic E-state index is 12.3. The first-order chi connectivity index (χ1) is 13.1. The molecule has 0 aliphatic carbocycles. The highest BCUT2D eigenvalue weighted by Crippen LogP contribution is 2.21. The Morgan fingerprint density at radius 1 is 1.11 bits per heavy atom. The van der Waals surface area contributed by atoms with E-state index < -0.39 is 0 Å². The molecule has 0 saturated carbocycles. The third-order valence-electron chi connectivity index (χ3n) is 4.17. The van der Waals surface area contributed by atoms with Crippen LogP contribution in [0.5, 0.6) is 5.75 Å². The molecule has 7 heteroatoms. The third kappa shape index (κ3) is 4.89. The van der Waals surface area contributed by atoms with Crippen LogP contribution >= 0.6 is 11.8 Å².